The number of carbonyl (C=O) groups is 2. The zero-order valence-corrected chi connectivity index (χ0v) is 10.5. The number of nitrogens with zero attached hydrogens (tertiary/aromatic N) is 1. The topological polar surface area (TPSA) is 61.4 Å². The maximum atomic E-state index is 11.3. The number of likely N-dealkylation sites (N-methyl/N-ethyl adjacent to an activating group) is 1. The third-order valence-corrected chi connectivity index (χ3v) is 2.08. The summed E-state index contributed by atoms with van der Waals surface area (Å²) in [7, 11) is 3.89. The van der Waals surface area contributed by atoms with Crippen molar-refractivity contribution >= 4 is 11.8 Å². The molecule has 0 aliphatic carbocycles. The average molecular weight is 229 g/mol. The maximum Gasteiger partial charge on any atom is 0.239 e. The van der Waals surface area contributed by atoms with Crippen LogP contribution in [0.2, 0.25) is 0 Å². The molecular formula is C11H23N3O2. The van der Waals surface area contributed by atoms with Crippen molar-refractivity contribution in [1.29, 1.82) is 0 Å². The summed E-state index contributed by atoms with van der Waals surface area (Å²) in [6.07, 6.45) is 2.36. The summed E-state index contributed by atoms with van der Waals surface area (Å²) in [5.41, 5.74) is 0. The van der Waals surface area contributed by atoms with Crippen LogP contribution in [-0.4, -0.2) is 50.4 Å². The fraction of sp³-hybridized carbons (Fsp3) is 0.818. The molecule has 0 aliphatic heterocycles. The van der Waals surface area contributed by atoms with Crippen LogP contribution >= 0.6 is 0 Å². The Bertz CT molecular complexity index is 217. The zero-order chi connectivity index (χ0) is 12.4. The quantitative estimate of drug-likeness (QED) is 0.614. The van der Waals surface area contributed by atoms with Gasteiger partial charge in [-0.05, 0) is 20.5 Å². The lowest BCUT2D eigenvalue weighted by Crippen LogP contribution is -2.39. The van der Waals surface area contributed by atoms with E-state index in [1.807, 2.05) is 25.9 Å². The van der Waals surface area contributed by atoms with Crippen molar-refractivity contribution in [3.63, 3.8) is 0 Å². The Kier molecular flexibility index (Phi) is 8.52. The number of unbranched alkanes of at least 4 members (excludes halogenated alkanes) is 1. The monoisotopic (exact) mass is 229 g/mol. The molecule has 0 rings (SSSR count). The van der Waals surface area contributed by atoms with Gasteiger partial charge in [0.1, 0.15) is 0 Å². The van der Waals surface area contributed by atoms with Crippen molar-refractivity contribution in [3.8, 4) is 0 Å². The molecule has 0 saturated heterocycles. The zero-order valence-electron chi connectivity index (χ0n) is 10.5. The van der Waals surface area contributed by atoms with Gasteiger partial charge in [-0.2, -0.15) is 0 Å². The van der Waals surface area contributed by atoms with Gasteiger partial charge in [-0.1, -0.05) is 13.3 Å². The Balaban J connectivity index is 3.46. The SMILES string of the molecule is CCCCC(=O)NCC(=O)NCCN(C)C. The Morgan fingerprint density at radius 3 is 2.38 bits per heavy atom. The van der Waals surface area contributed by atoms with Gasteiger partial charge in [0.2, 0.25) is 11.8 Å². The molecule has 0 aromatic heterocycles. The van der Waals surface area contributed by atoms with E-state index in [4.69, 9.17) is 0 Å². The Labute approximate surface area is 97.6 Å². The molecule has 0 aliphatic rings. The fourth-order valence-electron chi connectivity index (χ4n) is 1.09. The van der Waals surface area contributed by atoms with Crippen LogP contribution in [0.15, 0.2) is 0 Å². The molecule has 0 unspecified atom stereocenters. The molecule has 94 valence electrons. The van der Waals surface area contributed by atoms with Crippen LogP contribution in [0, 0.1) is 0 Å². The lowest BCUT2D eigenvalue weighted by atomic mass is 10.2. The Morgan fingerprint density at radius 2 is 1.81 bits per heavy atom. The van der Waals surface area contributed by atoms with E-state index in [2.05, 4.69) is 10.6 Å². The smallest absolute Gasteiger partial charge is 0.239 e. The second-order valence-corrected chi connectivity index (χ2v) is 4.03. The summed E-state index contributed by atoms with van der Waals surface area (Å²) >= 11 is 0. The van der Waals surface area contributed by atoms with Crippen LogP contribution in [0.5, 0.6) is 0 Å². The second kappa shape index (κ2) is 9.15. The van der Waals surface area contributed by atoms with Crippen molar-refractivity contribution in [3.05, 3.63) is 0 Å². The normalized spacial score (nSPS) is 10.2. The third kappa shape index (κ3) is 9.45. The van der Waals surface area contributed by atoms with Gasteiger partial charge in [0.05, 0.1) is 6.54 Å². The molecule has 2 N–H and O–H groups in total. The molecule has 0 saturated carbocycles. The van der Waals surface area contributed by atoms with E-state index in [-0.39, 0.29) is 18.4 Å². The predicted octanol–water partition coefficient (Wildman–Crippen LogP) is -0.0294. The average Bonchev–Trinajstić information content (AvgIpc) is 2.23. The molecule has 0 radical (unpaired) electrons. The molecular weight excluding hydrogens is 206 g/mol. The highest BCUT2D eigenvalue weighted by molar-refractivity contribution is 5.84. The van der Waals surface area contributed by atoms with E-state index in [9.17, 15) is 9.59 Å². The largest absolute Gasteiger partial charge is 0.353 e. The Hall–Kier alpha value is -1.10. The number of nitrogens with one attached hydrogen (secondary N) is 2. The van der Waals surface area contributed by atoms with Gasteiger partial charge >= 0.3 is 0 Å². The van der Waals surface area contributed by atoms with Gasteiger partial charge in [-0.15, -0.1) is 0 Å². The number of carbonyl (C=O) groups excluding carboxylic acids is 2. The van der Waals surface area contributed by atoms with E-state index in [1.54, 1.807) is 0 Å². The van der Waals surface area contributed by atoms with Gasteiger partial charge in [-0.3, -0.25) is 9.59 Å². The van der Waals surface area contributed by atoms with Gasteiger partial charge in [-0.25, -0.2) is 0 Å². The molecule has 0 aromatic carbocycles. The molecule has 5 heteroatoms. The molecule has 0 spiro atoms. The van der Waals surface area contributed by atoms with E-state index < -0.39 is 0 Å². The molecule has 0 atom stereocenters. The number of amides is 2. The molecule has 0 aromatic rings. The third-order valence-electron chi connectivity index (χ3n) is 2.08. The second-order valence-electron chi connectivity index (χ2n) is 4.03. The van der Waals surface area contributed by atoms with Crippen LogP contribution in [0.3, 0.4) is 0 Å². The highest BCUT2D eigenvalue weighted by atomic mass is 16.2. The molecule has 0 bridgehead atoms. The highest BCUT2D eigenvalue weighted by Crippen LogP contribution is 1.92. The molecule has 5 nitrogen and oxygen atoms in total. The van der Waals surface area contributed by atoms with E-state index in [0.29, 0.717) is 13.0 Å². The molecule has 0 fully saturated rings. The summed E-state index contributed by atoms with van der Waals surface area (Å²) in [6, 6.07) is 0. The van der Waals surface area contributed by atoms with Crippen LogP contribution in [0.25, 0.3) is 0 Å². The summed E-state index contributed by atoms with van der Waals surface area (Å²) < 4.78 is 0. The van der Waals surface area contributed by atoms with Gasteiger partial charge in [0.25, 0.3) is 0 Å². The van der Waals surface area contributed by atoms with Gasteiger partial charge in [0, 0.05) is 19.5 Å². The van der Waals surface area contributed by atoms with Crippen LogP contribution in [-0.2, 0) is 9.59 Å². The first kappa shape index (κ1) is 14.9. The van der Waals surface area contributed by atoms with Crippen molar-refractivity contribution in [1.82, 2.24) is 15.5 Å². The summed E-state index contributed by atoms with van der Waals surface area (Å²) in [4.78, 5) is 24.4. The van der Waals surface area contributed by atoms with Gasteiger partial charge < -0.3 is 15.5 Å². The number of rotatable bonds is 8. The molecule has 16 heavy (non-hydrogen) atoms. The summed E-state index contributed by atoms with van der Waals surface area (Å²) in [5, 5.41) is 5.32. The van der Waals surface area contributed by atoms with E-state index >= 15 is 0 Å². The first-order valence-corrected chi connectivity index (χ1v) is 5.74. The first-order chi connectivity index (χ1) is 7.56. The molecule has 2 amide bonds. The molecule has 0 heterocycles. The van der Waals surface area contributed by atoms with Gasteiger partial charge in [0.15, 0.2) is 0 Å². The minimum Gasteiger partial charge on any atom is -0.353 e. The number of hydrogen-bond acceptors (Lipinski definition) is 3. The van der Waals surface area contributed by atoms with Crippen molar-refractivity contribution in [2.24, 2.45) is 0 Å². The predicted molar refractivity (Wildman–Crippen MR) is 64.1 cm³/mol. The lowest BCUT2D eigenvalue weighted by molar-refractivity contribution is -0.126. The standard InChI is InChI=1S/C11H23N3O2/c1-4-5-6-10(15)13-9-11(16)12-7-8-14(2)3/h4-9H2,1-3H3,(H,12,16)(H,13,15). The van der Waals surface area contributed by atoms with Crippen molar-refractivity contribution in [2.75, 3.05) is 33.7 Å². The maximum absolute atomic E-state index is 11.3. The van der Waals surface area contributed by atoms with Crippen molar-refractivity contribution in [2.45, 2.75) is 26.2 Å². The van der Waals surface area contributed by atoms with Crippen LogP contribution < -0.4 is 10.6 Å². The van der Waals surface area contributed by atoms with E-state index in [0.717, 1.165) is 19.4 Å². The number of hydrogen-bond donors (Lipinski definition) is 2. The first-order valence-electron chi connectivity index (χ1n) is 5.74. The van der Waals surface area contributed by atoms with Crippen LogP contribution in [0.4, 0.5) is 0 Å². The van der Waals surface area contributed by atoms with Crippen molar-refractivity contribution < 1.29 is 9.59 Å². The minimum atomic E-state index is -0.133. The van der Waals surface area contributed by atoms with Crippen LogP contribution in [0.1, 0.15) is 26.2 Å². The Morgan fingerprint density at radius 1 is 1.12 bits per heavy atom. The minimum absolute atomic E-state index is 0.0513. The summed E-state index contributed by atoms with van der Waals surface area (Å²) in [5.74, 6) is -0.184. The fourth-order valence-corrected chi connectivity index (χ4v) is 1.09. The summed E-state index contributed by atoms with van der Waals surface area (Å²) in [6.45, 7) is 3.52. The lowest BCUT2D eigenvalue weighted by Gasteiger charge is -2.10. The van der Waals surface area contributed by atoms with E-state index in [1.165, 1.54) is 0 Å². The highest BCUT2D eigenvalue weighted by Gasteiger charge is 2.04.